The number of nitrogens with zero attached hydrogens (tertiary/aromatic N) is 4. The molecule has 5 nitrogen and oxygen atoms in total. The normalized spacial score (nSPS) is 21.8. The van der Waals surface area contributed by atoms with Crippen molar-refractivity contribution < 1.29 is 4.52 Å². The van der Waals surface area contributed by atoms with Gasteiger partial charge in [-0.2, -0.15) is 4.98 Å². The summed E-state index contributed by atoms with van der Waals surface area (Å²) < 4.78 is 5.11. The van der Waals surface area contributed by atoms with E-state index in [4.69, 9.17) is 4.52 Å². The minimum Gasteiger partial charge on any atom is -0.340 e. The Bertz CT molecular complexity index is 554. The van der Waals surface area contributed by atoms with Crippen LogP contribution in [0.4, 0.5) is 0 Å². The molecule has 0 N–H and O–H groups in total. The van der Waals surface area contributed by atoms with Gasteiger partial charge in [0.25, 0.3) is 0 Å². The number of aryl methyl sites for hydroxylation is 1. The van der Waals surface area contributed by atoms with E-state index in [0.717, 1.165) is 25.3 Å². The van der Waals surface area contributed by atoms with Gasteiger partial charge in [-0.1, -0.05) is 5.16 Å². The van der Waals surface area contributed by atoms with Gasteiger partial charge in [0.1, 0.15) is 0 Å². The fourth-order valence-corrected chi connectivity index (χ4v) is 2.90. The van der Waals surface area contributed by atoms with Crippen LogP contribution in [0.25, 0.3) is 0 Å². The highest BCUT2D eigenvalue weighted by atomic mass is 16.5. The van der Waals surface area contributed by atoms with Crippen LogP contribution < -0.4 is 0 Å². The van der Waals surface area contributed by atoms with Crippen LogP contribution in [0.5, 0.6) is 0 Å². The Morgan fingerprint density at radius 3 is 2.85 bits per heavy atom. The lowest BCUT2D eigenvalue weighted by atomic mass is 9.95. The number of aromatic nitrogens is 3. The smallest absolute Gasteiger partial charge is 0.223 e. The molecule has 0 bridgehead atoms. The van der Waals surface area contributed by atoms with Crippen LogP contribution in [0.3, 0.4) is 0 Å². The van der Waals surface area contributed by atoms with E-state index in [1.807, 2.05) is 19.3 Å². The zero-order valence-electron chi connectivity index (χ0n) is 12.0. The molecule has 1 aliphatic heterocycles. The van der Waals surface area contributed by atoms with Gasteiger partial charge >= 0.3 is 0 Å². The highest BCUT2D eigenvalue weighted by molar-refractivity contribution is 5.15. The van der Waals surface area contributed by atoms with Crippen molar-refractivity contribution in [2.24, 2.45) is 0 Å². The van der Waals surface area contributed by atoms with Crippen molar-refractivity contribution in [1.29, 1.82) is 0 Å². The zero-order valence-corrected chi connectivity index (χ0v) is 12.0. The molecule has 2 aromatic rings. The van der Waals surface area contributed by atoms with Crippen molar-refractivity contribution >= 4 is 0 Å². The predicted octanol–water partition coefficient (Wildman–Crippen LogP) is 2.71. The molecular weight excluding hydrogens is 252 g/mol. The molecule has 0 aliphatic carbocycles. The van der Waals surface area contributed by atoms with Gasteiger partial charge in [-0.25, -0.2) is 0 Å². The lowest BCUT2D eigenvalue weighted by molar-refractivity contribution is 0.154. The molecule has 0 amide bonds. The fraction of sp³-hybridized carbons (Fsp3) is 0.533. The van der Waals surface area contributed by atoms with Gasteiger partial charge in [-0.3, -0.25) is 9.88 Å². The topological polar surface area (TPSA) is 55.1 Å². The summed E-state index contributed by atoms with van der Waals surface area (Å²) >= 11 is 0. The van der Waals surface area contributed by atoms with Gasteiger partial charge in [-0.05, 0) is 44.0 Å². The SMILES string of the molecule is Cc1nc([C@@H]2CCCN([C@H](C)c3ccncc3)C2)no1. The van der Waals surface area contributed by atoms with Crippen molar-refractivity contribution in [2.45, 2.75) is 38.6 Å². The van der Waals surface area contributed by atoms with Crippen LogP contribution in [0.1, 0.15) is 49.0 Å². The van der Waals surface area contributed by atoms with Crippen LogP contribution >= 0.6 is 0 Å². The lowest BCUT2D eigenvalue weighted by Crippen LogP contribution is -2.36. The predicted molar refractivity (Wildman–Crippen MR) is 75.2 cm³/mol. The second-order valence-electron chi connectivity index (χ2n) is 5.46. The van der Waals surface area contributed by atoms with Gasteiger partial charge in [-0.15, -0.1) is 0 Å². The number of likely N-dealkylation sites (tertiary alicyclic amines) is 1. The van der Waals surface area contributed by atoms with Crippen molar-refractivity contribution in [1.82, 2.24) is 20.0 Å². The van der Waals surface area contributed by atoms with E-state index in [2.05, 4.69) is 39.1 Å². The minimum atomic E-state index is 0.380. The van der Waals surface area contributed by atoms with Crippen LogP contribution in [0, 0.1) is 6.92 Å². The monoisotopic (exact) mass is 272 g/mol. The Morgan fingerprint density at radius 1 is 1.35 bits per heavy atom. The molecule has 1 aliphatic rings. The minimum absolute atomic E-state index is 0.380. The number of piperidine rings is 1. The van der Waals surface area contributed by atoms with E-state index >= 15 is 0 Å². The Hall–Kier alpha value is -1.75. The van der Waals surface area contributed by atoms with Crippen molar-refractivity contribution in [3.05, 3.63) is 41.8 Å². The van der Waals surface area contributed by atoms with E-state index in [9.17, 15) is 0 Å². The van der Waals surface area contributed by atoms with Gasteiger partial charge in [0.15, 0.2) is 5.82 Å². The molecule has 2 atom stereocenters. The van der Waals surface area contributed by atoms with Crippen LogP contribution in [-0.2, 0) is 0 Å². The molecule has 1 fully saturated rings. The molecular formula is C15H20N4O. The number of rotatable bonds is 3. The molecule has 106 valence electrons. The van der Waals surface area contributed by atoms with Gasteiger partial charge in [0.2, 0.25) is 5.89 Å². The summed E-state index contributed by atoms with van der Waals surface area (Å²) in [6.07, 6.45) is 6.03. The fourth-order valence-electron chi connectivity index (χ4n) is 2.90. The number of hydrogen-bond donors (Lipinski definition) is 0. The second-order valence-corrected chi connectivity index (χ2v) is 5.46. The molecule has 5 heteroatoms. The Labute approximate surface area is 119 Å². The van der Waals surface area contributed by atoms with E-state index in [1.165, 1.54) is 12.0 Å². The van der Waals surface area contributed by atoms with E-state index in [0.29, 0.717) is 17.9 Å². The third-order valence-corrected chi connectivity index (χ3v) is 4.10. The Balaban J connectivity index is 1.72. The molecule has 20 heavy (non-hydrogen) atoms. The van der Waals surface area contributed by atoms with E-state index in [1.54, 1.807) is 0 Å². The molecule has 1 saturated heterocycles. The Morgan fingerprint density at radius 2 is 2.15 bits per heavy atom. The van der Waals surface area contributed by atoms with Gasteiger partial charge in [0, 0.05) is 37.8 Å². The molecule has 0 aromatic carbocycles. The molecule has 0 radical (unpaired) electrons. The highest BCUT2D eigenvalue weighted by Gasteiger charge is 2.27. The quantitative estimate of drug-likeness (QED) is 0.860. The molecule has 2 aromatic heterocycles. The van der Waals surface area contributed by atoms with Crippen molar-refractivity contribution in [3.8, 4) is 0 Å². The second kappa shape index (κ2) is 5.71. The average Bonchev–Trinajstić information content (AvgIpc) is 2.94. The van der Waals surface area contributed by atoms with Gasteiger partial charge in [0.05, 0.1) is 0 Å². The van der Waals surface area contributed by atoms with Crippen molar-refractivity contribution in [2.75, 3.05) is 13.1 Å². The summed E-state index contributed by atoms with van der Waals surface area (Å²) in [5.74, 6) is 1.89. The summed E-state index contributed by atoms with van der Waals surface area (Å²) in [6, 6.07) is 4.58. The maximum atomic E-state index is 5.11. The standard InChI is InChI=1S/C15H20N4O/c1-11(13-5-7-16-8-6-13)19-9-3-4-14(10-19)15-17-12(2)20-18-15/h5-8,11,14H,3-4,9-10H2,1-2H3/t11-,14-/m1/s1. The maximum absolute atomic E-state index is 5.11. The Kier molecular flexibility index (Phi) is 3.78. The molecule has 0 unspecified atom stereocenters. The first-order valence-electron chi connectivity index (χ1n) is 7.18. The third-order valence-electron chi connectivity index (χ3n) is 4.10. The third kappa shape index (κ3) is 2.72. The number of pyridine rings is 1. The van der Waals surface area contributed by atoms with Crippen molar-refractivity contribution in [3.63, 3.8) is 0 Å². The zero-order chi connectivity index (χ0) is 13.9. The van der Waals surface area contributed by atoms with Crippen LogP contribution in [-0.4, -0.2) is 33.1 Å². The largest absolute Gasteiger partial charge is 0.340 e. The first-order chi connectivity index (χ1) is 9.74. The molecule has 3 rings (SSSR count). The highest BCUT2D eigenvalue weighted by Crippen LogP contribution is 2.30. The first-order valence-corrected chi connectivity index (χ1v) is 7.18. The van der Waals surface area contributed by atoms with Crippen LogP contribution in [0.2, 0.25) is 0 Å². The summed E-state index contributed by atoms with van der Waals surface area (Å²) in [6.45, 7) is 6.20. The molecule has 3 heterocycles. The maximum Gasteiger partial charge on any atom is 0.223 e. The van der Waals surface area contributed by atoms with Gasteiger partial charge < -0.3 is 4.52 Å². The van der Waals surface area contributed by atoms with E-state index in [-0.39, 0.29) is 0 Å². The van der Waals surface area contributed by atoms with Crippen LogP contribution in [0.15, 0.2) is 29.0 Å². The molecule has 0 spiro atoms. The summed E-state index contributed by atoms with van der Waals surface area (Å²) in [7, 11) is 0. The average molecular weight is 272 g/mol. The first kappa shape index (κ1) is 13.2. The molecule has 0 saturated carbocycles. The van der Waals surface area contributed by atoms with E-state index < -0.39 is 0 Å². The summed E-state index contributed by atoms with van der Waals surface area (Å²) in [4.78, 5) is 11.0. The summed E-state index contributed by atoms with van der Waals surface area (Å²) in [5.41, 5.74) is 1.31. The summed E-state index contributed by atoms with van der Waals surface area (Å²) in [5, 5.41) is 4.08. The number of hydrogen-bond acceptors (Lipinski definition) is 5. The lowest BCUT2D eigenvalue weighted by Gasteiger charge is -2.35.